The largest absolute Gasteiger partial charge is 0.470 e. The second kappa shape index (κ2) is 9.73. The van der Waals surface area contributed by atoms with E-state index < -0.39 is 41.0 Å². The molecule has 0 saturated carbocycles. The number of para-hydroxylation sites is 2. The SMILES string of the molecule is CCOC(=O)C1=C2C=CC=CC23Oc2ccccc2N2C3=C(C=C(F)C2N2CCC(NC(=O)OC(C)(C)C)C2)C1=O. The minimum Gasteiger partial charge on any atom is -0.470 e. The molecule has 3 heterocycles. The van der Waals surface area contributed by atoms with Crippen molar-refractivity contribution in [2.75, 3.05) is 24.6 Å². The minimum absolute atomic E-state index is 0.0441. The van der Waals surface area contributed by atoms with Gasteiger partial charge in [0.2, 0.25) is 5.78 Å². The van der Waals surface area contributed by atoms with Gasteiger partial charge in [-0.25, -0.2) is 14.0 Å². The number of hydrogen-bond acceptors (Lipinski definition) is 8. The summed E-state index contributed by atoms with van der Waals surface area (Å²) in [5, 5.41) is 2.90. The number of hydrogen-bond donors (Lipinski definition) is 1. The van der Waals surface area contributed by atoms with Gasteiger partial charge in [0.1, 0.15) is 28.9 Å². The summed E-state index contributed by atoms with van der Waals surface area (Å²) in [7, 11) is 0. The molecular weight excluding hydrogens is 529 g/mol. The lowest BCUT2D eigenvalue weighted by Gasteiger charge is -2.53. The molecule has 1 fully saturated rings. The summed E-state index contributed by atoms with van der Waals surface area (Å²) in [6, 6.07) is 7.00. The van der Waals surface area contributed by atoms with Crippen LogP contribution in [0, 0.1) is 0 Å². The van der Waals surface area contributed by atoms with Crippen LogP contribution in [0.4, 0.5) is 14.9 Å². The number of halogens is 1. The zero-order valence-corrected chi connectivity index (χ0v) is 23.4. The maximum atomic E-state index is 16.3. The first-order chi connectivity index (χ1) is 19.5. The van der Waals surface area contributed by atoms with E-state index in [1.807, 2.05) is 28.0 Å². The van der Waals surface area contributed by atoms with Crippen molar-refractivity contribution in [2.24, 2.45) is 0 Å². The standard InChI is InChI=1S/C31H32FN3O6/c1-5-39-28(37)24-20-10-8-9-14-31(20)26-19(25(24)36)16-21(32)27(35(26)22-11-6-7-12-23(22)40-31)34-15-13-18(17-34)33-29(38)41-30(2,3)4/h6-12,14,16,18,27H,5,13,15,17H2,1-4H3,(H,33,38). The second-order valence-corrected chi connectivity index (χ2v) is 11.5. The molecule has 2 aliphatic carbocycles. The van der Waals surface area contributed by atoms with Gasteiger partial charge in [-0.3, -0.25) is 9.69 Å². The monoisotopic (exact) mass is 561 g/mol. The van der Waals surface area contributed by atoms with Gasteiger partial charge in [0.15, 0.2) is 5.60 Å². The maximum Gasteiger partial charge on any atom is 0.407 e. The van der Waals surface area contributed by atoms with Crippen molar-refractivity contribution < 1.29 is 33.0 Å². The van der Waals surface area contributed by atoms with Gasteiger partial charge in [0.05, 0.1) is 18.0 Å². The van der Waals surface area contributed by atoms with E-state index in [0.717, 1.165) is 0 Å². The Bertz CT molecular complexity index is 1500. The molecule has 1 aromatic carbocycles. The van der Waals surface area contributed by atoms with Crippen LogP contribution in [0.15, 0.2) is 82.9 Å². The minimum atomic E-state index is -1.35. The summed E-state index contributed by atoms with van der Waals surface area (Å²) in [4.78, 5) is 43.2. The Morgan fingerprint density at radius 2 is 2.00 bits per heavy atom. The number of likely N-dealkylation sites (tertiary alicyclic amines) is 1. The zero-order chi connectivity index (χ0) is 29.1. The lowest BCUT2D eigenvalue weighted by molar-refractivity contribution is -0.140. The number of fused-ring (bicyclic) bond motifs is 2. The number of ether oxygens (including phenoxy) is 3. The first kappa shape index (κ1) is 27.0. The highest BCUT2D eigenvalue weighted by atomic mass is 19.1. The summed E-state index contributed by atoms with van der Waals surface area (Å²) in [6.07, 6.45) is 7.37. The summed E-state index contributed by atoms with van der Waals surface area (Å²) >= 11 is 0. The number of carbonyl (C=O) groups is 3. The van der Waals surface area contributed by atoms with Crippen molar-refractivity contribution in [1.82, 2.24) is 10.2 Å². The number of carbonyl (C=O) groups excluding carboxylic acids is 3. The van der Waals surface area contributed by atoms with Crippen LogP contribution in [0.25, 0.3) is 0 Å². The van der Waals surface area contributed by atoms with E-state index in [9.17, 15) is 14.4 Å². The molecule has 3 atom stereocenters. The lowest BCUT2D eigenvalue weighted by atomic mass is 9.72. The van der Waals surface area contributed by atoms with Crippen molar-refractivity contribution >= 4 is 23.5 Å². The summed E-state index contributed by atoms with van der Waals surface area (Å²) in [5.41, 5.74) is -0.728. The molecule has 214 valence electrons. The third kappa shape index (κ3) is 4.37. The van der Waals surface area contributed by atoms with Gasteiger partial charge < -0.3 is 24.4 Å². The molecule has 0 bridgehead atoms. The molecule has 10 heteroatoms. The van der Waals surface area contributed by atoms with E-state index in [1.165, 1.54) is 6.08 Å². The zero-order valence-electron chi connectivity index (χ0n) is 23.4. The molecule has 1 aromatic rings. The topological polar surface area (TPSA) is 97.4 Å². The van der Waals surface area contributed by atoms with Crippen LogP contribution < -0.4 is 15.0 Å². The van der Waals surface area contributed by atoms with Crippen LogP contribution in [-0.2, 0) is 19.1 Å². The number of alkyl carbamates (subject to hydrolysis) is 1. The normalized spacial score (nSPS) is 26.6. The highest BCUT2D eigenvalue weighted by Gasteiger charge is 2.58. The fraction of sp³-hybridized carbons (Fsp3) is 0.387. The number of Topliss-reactive ketones (excluding diaryl/α,β-unsaturated/α-hetero) is 1. The molecule has 9 nitrogen and oxygen atoms in total. The number of anilines is 1. The Morgan fingerprint density at radius 1 is 1.22 bits per heavy atom. The molecule has 0 radical (unpaired) electrons. The first-order valence-corrected chi connectivity index (χ1v) is 13.8. The highest BCUT2D eigenvalue weighted by molar-refractivity contribution is 6.28. The fourth-order valence-corrected chi connectivity index (χ4v) is 6.15. The summed E-state index contributed by atoms with van der Waals surface area (Å²) < 4.78 is 33.6. The van der Waals surface area contributed by atoms with E-state index in [0.29, 0.717) is 42.2 Å². The average Bonchev–Trinajstić information content (AvgIpc) is 3.35. The molecule has 1 spiro atoms. The molecule has 1 N–H and O–H groups in total. The van der Waals surface area contributed by atoms with Gasteiger partial charge in [0, 0.05) is 30.3 Å². The molecule has 1 saturated heterocycles. The average molecular weight is 562 g/mol. The quantitative estimate of drug-likeness (QED) is 0.431. The number of nitrogens with zero attached hydrogens (tertiary/aromatic N) is 2. The van der Waals surface area contributed by atoms with E-state index in [-0.39, 0.29) is 23.8 Å². The molecule has 6 rings (SSSR count). The Morgan fingerprint density at radius 3 is 2.76 bits per heavy atom. The van der Waals surface area contributed by atoms with E-state index in [1.54, 1.807) is 58.1 Å². The predicted octanol–water partition coefficient (Wildman–Crippen LogP) is 4.24. The predicted molar refractivity (Wildman–Crippen MR) is 149 cm³/mol. The van der Waals surface area contributed by atoms with Gasteiger partial charge in [-0.1, -0.05) is 30.4 Å². The van der Waals surface area contributed by atoms with Crippen LogP contribution in [0.1, 0.15) is 34.1 Å². The second-order valence-electron chi connectivity index (χ2n) is 11.5. The van der Waals surface area contributed by atoms with Crippen molar-refractivity contribution in [3.05, 3.63) is 82.9 Å². The van der Waals surface area contributed by atoms with Crippen molar-refractivity contribution in [1.29, 1.82) is 0 Å². The number of allylic oxidation sites excluding steroid dienone is 4. The van der Waals surface area contributed by atoms with Crippen molar-refractivity contribution in [3.63, 3.8) is 0 Å². The van der Waals surface area contributed by atoms with Crippen LogP contribution in [0.3, 0.4) is 0 Å². The third-order valence-electron chi connectivity index (χ3n) is 7.63. The lowest BCUT2D eigenvalue weighted by Crippen LogP contribution is -2.61. The third-order valence-corrected chi connectivity index (χ3v) is 7.63. The van der Waals surface area contributed by atoms with Gasteiger partial charge in [0.25, 0.3) is 0 Å². The van der Waals surface area contributed by atoms with Crippen molar-refractivity contribution in [3.8, 4) is 5.75 Å². The summed E-state index contributed by atoms with van der Waals surface area (Å²) in [6.45, 7) is 7.98. The Balaban J connectivity index is 1.43. The van der Waals surface area contributed by atoms with Gasteiger partial charge in [-0.2, -0.15) is 0 Å². The van der Waals surface area contributed by atoms with E-state index >= 15 is 4.39 Å². The number of ketones is 1. The van der Waals surface area contributed by atoms with E-state index in [2.05, 4.69) is 5.32 Å². The molecular formula is C31H32FN3O6. The molecule has 5 aliphatic rings. The molecule has 1 amide bonds. The van der Waals surface area contributed by atoms with Gasteiger partial charge in [-0.05, 0) is 58.4 Å². The van der Waals surface area contributed by atoms with Crippen LogP contribution in [0.5, 0.6) is 5.75 Å². The number of benzene rings is 1. The van der Waals surface area contributed by atoms with Gasteiger partial charge >= 0.3 is 12.1 Å². The maximum absolute atomic E-state index is 16.3. The van der Waals surface area contributed by atoms with Crippen LogP contribution in [-0.4, -0.2) is 65.9 Å². The number of amides is 1. The van der Waals surface area contributed by atoms with Gasteiger partial charge in [-0.15, -0.1) is 0 Å². The van der Waals surface area contributed by atoms with Crippen molar-refractivity contribution in [2.45, 2.75) is 57.5 Å². The smallest absolute Gasteiger partial charge is 0.407 e. The molecule has 3 aliphatic heterocycles. The highest BCUT2D eigenvalue weighted by Crippen LogP contribution is 2.55. The Kier molecular flexibility index (Phi) is 6.41. The summed E-state index contributed by atoms with van der Waals surface area (Å²) in [5.74, 6) is -1.47. The van der Waals surface area contributed by atoms with Crippen LogP contribution >= 0.6 is 0 Å². The molecule has 0 aromatic heterocycles. The number of esters is 1. The fourth-order valence-electron chi connectivity index (χ4n) is 6.15. The molecule has 41 heavy (non-hydrogen) atoms. The van der Waals surface area contributed by atoms with E-state index in [4.69, 9.17) is 14.2 Å². The Labute approximate surface area is 237 Å². The Hall–Kier alpha value is -4.18. The first-order valence-electron chi connectivity index (χ1n) is 13.8. The number of rotatable bonds is 4. The van der Waals surface area contributed by atoms with Crippen LogP contribution in [0.2, 0.25) is 0 Å². The molecule has 3 unspecified atom stereocenters. The number of nitrogens with one attached hydrogen (secondary N) is 1.